The number of ether oxygens (including phenoxy) is 1. The molecule has 7 heteroatoms. The number of benzene rings is 1. The summed E-state index contributed by atoms with van der Waals surface area (Å²) in [6.45, 7) is 1.57. The summed E-state index contributed by atoms with van der Waals surface area (Å²) >= 11 is 0. The van der Waals surface area contributed by atoms with Crippen LogP contribution in [0, 0.1) is 0 Å². The number of nitrogens with zero attached hydrogens (tertiary/aromatic N) is 1. The SMILES string of the molecule is CCCN(CC(=O)O)S(=O)(=O)c1ccccc1COC. The van der Waals surface area contributed by atoms with Crippen LogP contribution in [-0.4, -0.2) is 44.0 Å². The molecule has 0 unspecified atom stereocenters. The maximum Gasteiger partial charge on any atom is 0.318 e. The number of carbonyl (C=O) groups is 1. The van der Waals surface area contributed by atoms with E-state index in [1.54, 1.807) is 25.1 Å². The van der Waals surface area contributed by atoms with E-state index in [1.807, 2.05) is 0 Å². The first-order valence-corrected chi connectivity index (χ1v) is 7.66. The molecule has 1 aromatic rings. The number of carboxylic acids is 1. The second-order valence-electron chi connectivity index (χ2n) is 4.27. The van der Waals surface area contributed by atoms with Gasteiger partial charge < -0.3 is 9.84 Å². The number of rotatable bonds is 8. The van der Waals surface area contributed by atoms with Crippen molar-refractivity contribution < 1.29 is 23.1 Å². The predicted octanol–water partition coefficient (Wildman–Crippen LogP) is 1.32. The maximum absolute atomic E-state index is 12.6. The molecular weight excluding hydrogens is 282 g/mol. The first-order valence-electron chi connectivity index (χ1n) is 6.22. The van der Waals surface area contributed by atoms with Crippen LogP contribution in [0.1, 0.15) is 18.9 Å². The second-order valence-corrected chi connectivity index (χ2v) is 6.18. The number of hydrogen-bond acceptors (Lipinski definition) is 4. The zero-order valence-electron chi connectivity index (χ0n) is 11.6. The lowest BCUT2D eigenvalue weighted by Crippen LogP contribution is -2.36. The molecule has 0 spiro atoms. The van der Waals surface area contributed by atoms with Gasteiger partial charge in [0, 0.05) is 13.7 Å². The van der Waals surface area contributed by atoms with Gasteiger partial charge in [-0.3, -0.25) is 4.79 Å². The van der Waals surface area contributed by atoms with Crippen molar-refractivity contribution in [3.8, 4) is 0 Å². The minimum Gasteiger partial charge on any atom is -0.480 e. The third-order valence-corrected chi connectivity index (χ3v) is 4.62. The molecule has 0 atom stereocenters. The molecule has 1 N–H and O–H groups in total. The van der Waals surface area contributed by atoms with Crippen LogP contribution >= 0.6 is 0 Å². The van der Waals surface area contributed by atoms with E-state index < -0.39 is 22.5 Å². The van der Waals surface area contributed by atoms with Gasteiger partial charge in [0.05, 0.1) is 11.5 Å². The monoisotopic (exact) mass is 301 g/mol. The first kappa shape index (κ1) is 16.6. The number of carboxylic acid groups (broad SMARTS) is 1. The average molecular weight is 301 g/mol. The lowest BCUT2D eigenvalue weighted by molar-refractivity contribution is -0.137. The van der Waals surface area contributed by atoms with Crippen molar-refractivity contribution in [1.82, 2.24) is 4.31 Å². The zero-order valence-corrected chi connectivity index (χ0v) is 12.4. The van der Waals surface area contributed by atoms with Gasteiger partial charge in [-0.1, -0.05) is 25.1 Å². The molecule has 0 amide bonds. The summed E-state index contributed by atoms with van der Waals surface area (Å²) in [5.74, 6) is -1.17. The van der Waals surface area contributed by atoms with Crippen molar-refractivity contribution in [2.24, 2.45) is 0 Å². The summed E-state index contributed by atoms with van der Waals surface area (Å²) in [5.41, 5.74) is 0.515. The molecule has 0 heterocycles. The summed E-state index contributed by atoms with van der Waals surface area (Å²) < 4.78 is 31.1. The first-order chi connectivity index (χ1) is 9.43. The summed E-state index contributed by atoms with van der Waals surface area (Å²) in [5, 5.41) is 8.86. The number of hydrogen-bond donors (Lipinski definition) is 1. The summed E-state index contributed by atoms with van der Waals surface area (Å²) in [7, 11) is -2.36. The molecule has 0 aliphatic carbocycles. The number of sulfonamides is 1. The lowest BCUT2D eigenvalue weighted by atomic mass is 10.2. The van der Waals surface area contributed by atoms with E-state index in [4.69, 9.17) is 9.84 Å². The number of aliphatic carboxylic acids is 1. The van der Waals surface area contributed by atoms with E-state index in [0.717, 1.165) is 4.31 Å². The van der Waals surface area contributed by atoms with Gasteiger partial charge in [-0.15, -0.1) is 0 Å². The van der Waals surface area contributed by atoms with Gasteiger partial charge in [0.2, 0.25) is 10.0 Å². The highest BCUT2D eigenvalue weighted by atomic mass is 32.2. The maximum atomic E-state index is 12.6. The van der Waals surface area contributed by atoms with Gasteiger partial charge in [0.1, 0.15) is 6.54 Å². The van der Waals surface area contributed by atoms with Crippen molar-refractivity contribution in [1.29, 1.82) is 0 Å². The van der Waals surface area contributed by atoms with Crippen LogP contribution in [0.3, 0.4) is 0 Å². The van der Waals surface area contributed by atoms with Gasteiger partial charge in [-0.25, -0.2) is 8.42 Å². The topological polar surface area (TPSA) is 83.9 Å². The van der Waals surface area contributed by atoms with E-state index in [9.17, 15) is 13.2 Å². The average Bonchev–Trinajstić information content (AvgIpc) is 2.38. The van der Waals surface area contributed by atoms with Crippen molar-refractivity contribution in [2.75, 3.05) is 20.2 Å². The molecule has 0 aromatic heterocycles. The van der Waals surface area contributed by atoms with E-state index in [0.29, 0.717) is 12.0 Å². The highest BCUT2D eigenvalue weighted by molar-refractivity contribution is 7.89. The molecule has 1 aromatic carbocycles. The Morgan fingerprint density at radius 1 is 1.35 bits per heavy atom. The summed E-state index contributed by atoms with van der Waals surface area (Å²) in [6.07, 6.45) is 0.541. The highest BCUT2D eigenvalue weighted by Gasteiger charge is 2.27. The van der Waals surface area contributed by atoms with Crippen LogP contribution in [0.15, 0.2) is 29.2 Å². The Labute approximate surface area is 119 Å². The summed E-state index contributed by atoms with van der Waals surface area (Å²) in [4.78, 5) is 10.9. The molecule has 0 aliphatic heterocycles. The molecule has 112 valence electrons. The molecule has 0 bridgehead atoms. The second kappa shape index (κ2) is 7.37. The van der Waals surface area contributed by atoms with Gasteiger partial charge in [0.15, 0.2) is 0 Å². The smallest absolute Gasteiger partial charge is 0.318 e. The molecule has 1 rings (SSSR count). The van der Waals surface area contributed by atoms with E-state index >= 15 is 0 Å². The predicted molar refractivity (Wildman–Crippen MR) is 73.8 cm³/mol. The van der Waals surface area contributed by atoms with E-state index in [1.165, 1.54) is 13.2 Å². The Balaban J connectivity index is 3.21. The highest BCUT2D eigenvalue weighted by Crippen LogP contribution is 2.21. The number of methoxy groups -OCH3 is 1. The van der Waals surface area contributed by atoms with Crippen molar-refractivity contribution in [3.05, 3.63) is 29.8 Å². The molecule has 0 saturated heterocycles. The van der Waals surface area contributed by atoms with Crippen LogP contribution in [0.25, 0.3) is 0 Å². The van der Waals surface area contributed by atoms with Crippen molar-refractivity contribution in [2.45, 2.75) is 24.8 Å². The third-order valence-electron chi connectivity index (χ3n) is 2.67. The molecule has 0 fully saturated rings. The Bertz CT molecular complexity index is 556. The third kappa shape index (κ3) is 4.03. The van der Waals surface area contributed by atoms with Gasteiger partial charge in [0.25, 0.3) is 0 Å². The minimum absolute atomic E-state index is 0.0940. The van der Waals surface area contributed by atoms with Crippen LogP contribution < -0.4 is 0 Å². The zero-order chi connectivity index (χ0) is 15.2. The van der Waals surface area contributed by atoms with Gasteiger partial charge in [-0.2, -0.15) is 4.31 Å². The van der Waals surface area contributed by atoms with Crippen molar-refractivity contribution >= 4 is 16.0 Å². The standard InChI is InChI=1S/C13H19NO5S/c1-3-8-14(9-13(15)16)20(17,18)12-7-5-4-6-11(12)10-19-2/h4-7H,3,8-10H2,1-2H3,(H,15,16). The van der Waals surface area contributed by atoms with Crippen LogP contribution in [-0.2, 0) is 26.2 Å². The lowest BCUT2D eigenvalue weighted by Gasteiger charge is -2.21. The van der Waals surface area contributed by atoms with Crippen molar-refractivity contribution in [3.63, 3.8) is 0 Å². The molecule has 20 heavy (non-hydrogen) atoms. The fraction of sp³-hybridized carbons (Fsp3) is 0.462. The molecule has 0 saturated carbocycles. The Kier molecular flexibility index (Phi) is 6.12. The van der Waals surface area contributed by atoms with Gasteiger partial charge in [-0.05, 0) is 18.1 Å². The summed E-state index contributed by atoms with van der Waals surface area (Å²) in [6, 6.07) is 6.45. The molecule has 0 radical (unpaired) electrons. The normalized spacial score (nSPS) is 11.8. The Hall–Kier alpha value is -1.44. The minimum atomic E-state index is -3.84. The fourth-order valence-corrected chi connectivity index (χ4v) is 3.54. The molecule has 0 aliphatic rings. The van der Waals surface area contributed by atoms with Gasteiger partial charge >= 0.3 is 5.97 Å². The Morgan fingerprint density at radius 3 is 2.55 bits per heavy atom. The fourth-order valence-electron chi connectivity index (χ4n) is 1.85. The van der Waals surface area contributed by atoms with Crippen LogP contribution in [0.2, 0.25) is 0 Å². The van der Waals surface area contributed by atoms with E-state index in [2.05, 4.69) is 0 Å². The van der Waals surface area contributed by atoms with Crippen LogP contribution in [0.4, 0.5) is 0 Å². The van der Waals surface area contributed by atoms with E-state index in [-0.39, 0.29) is 18.0 Å². The molecule has 6 nitrogen and oxygen atoms in total. The quantitative estimate of drug-likeness (QED) is 0.783. The largest absolute Gasteiger partial charge is 0.480 e. The van der Waals surface area contributed by atoms with Crippen LogP contribution in [0.5, 0.6) is 0 Å². The Morgan fingerprint density at radius 2 is 2.00 bits per heavy atom. The molecular formula is C13H19NO5S.